The van der Waals surface area contributed by atoms with Gasteiger partial charge >= 0.3 is 0 Å². The molecule has 8 heteroatoms. The van der Waals surface area contributed by atoms with Gasteiger partial charge < -0.3 is 5.32 Å². The molecule has 0 radical (unpaired) electrons. The Labute approximate surface area is 283 Å². The molecule has 4 rings (SSSR count). The van der Waals surface area contributed by atoms with Crippen LogP contribution >= 0.6 is 11.6 Å². The molecule has 1 amide bonds. The molecule has 0 aliphatic carbocycles. The highest BCUT2D eigenvalue weighted by molar-refractivity contribution is 7.85. The van der Waals surface area contributed by atoms with Gasteiger partial charge in [-0.25, -0.2) is 0 Å². The number of hydrogen-bond donors (Lipinski definition) is 2. The van der Waals surface area contributed by atoms with Gasteiger partial charge in [0.25, 0.3) is 10.1 Å². The minimum Gasteiger partial charge on any atom is -0.326 e. The van der Waals surface area contributed by atoms with E-state index < -0.39 is 21.8 Å². The number of hydrogen-bond acceptors (Lipinski definition) is 4. The Bertz CT molecular complexity index is 1840. The third-order valence-corrected chi connectivity index (χ3v) is 9.11. The number of carbonyl (C=O) groups excluding carboxylic acids is 2. The normalized spacial score (nSPS) is 13.3. The number of allylic oxidation sites excluding steroid dienone is 1. The quantitative estimate of drug-likeness (QED) is 0.115. The average Bonchev–Trinajstić information content (AvgIpc) is 3.00. The molecule has 0 fully saturated rings. The van der Waals surface area contributed by atoms with Gasteiger partial charge in [-0.2, -0.15) is 8.42 Å². The van der Waals surface area contributed by atoms with E-state index in [4.69, 9.17) is 16.2 Å². The molecule has 0 spiro atoms. The standard InChI is InChI=1S/C39H42ClNO5S/c1-26-25-33(40)18-21-35(26)30-16-19-34(20-17-30)41-38(43)37(32-10-8-28(9-11-32)22-23-39(3,4)5)27(2)29-12-14-31(15-13-29)36(42)7-6-24-47(44,45)46/h8-23,25,27,37H,6-7,24H2,1-5H3,(H,41,43)(H,44,45,46)/b23-22+. The second-order valence-electron chi connectivity index (χ2n) is 13.1. The van der Waals surface area contributed by atoms with Crippen molar-refractivity contribution in [1.82, 2.24) is 0 Å². The van der Waals surface area contributed by atoms with Crippen LogP contribution in [-0.4, -0.2) is 30.4 Å². The van der Waals surface area contributed by atoms with Crippen LogP contribution in [0.25, 0.3) is 17.2 Å². The molecule has 2 N–H and O–H groups in total. The fraction of sp³-hybridized carbons (Fsp3) is 0.282. The molecule has 0 aliphatic heterocycles. The topological polar surface area (TPSA) is 101 Å². The zero-order valence-corrected chi connectivity index (χ0v) is 29.0. The van der Waals surface area contributed by atoms with Crippen molar-refractivity contribution in [2.24, 2.45) is 5.41 Å². The summed E-state index contributed by atoms with van der Waals surface area (Å²) in [5.41, 5.74) is 7.11. The molecule has 6 nitrogen and oxygen atoms in total. The van der Waals surface area contributed by atoms with E-state index in [2.05, 4.69) is 38.2 Å². The van der Waals surface area contributed by atoms with E-state index in [-0.39, 0.29) is 35.9 Å². The van der Waals surface area contributed by atoms with Crippen LogP contribution in [0.15, 0.2) is 97.1 Å². The fourth-order valence-electron chi connectivity index (χ4n) is 5.46. The highest BCUT2D eigenvalue weighted by Gasteiger charge is 2.28. The first-order valence-electron chi connectivity index (χ1n) is 15.6. The molecule has 2 atom stereocenters. The number of benzene rings is 4. The maximum absolute atomic E-state index is 14.0. The van der Waals surface area contributed by atoms with Crippen molar-refractivity contribution in [3.05, 3.63) is 130 Å². The summed E-state index contributed by atoms with van der Waals surface area (Å²) in [4.78, 5) is 26.6. The maximum atomic E-state index is 14.0. The zero-order chi connectivity index (χ0) is 34.4. The number of anilines is 1. The van der Waals surface area contributed by atoms with Crippen LogP contribution in [0.5, 0.6) is 0 Å². The Morgan fingerprint density at radius 2 is 1.51 bits per heavy atom. The van der Waals surface area contributed by atoms with Crippen LogP contribution in [0.1, 0.15) is 85.0 Å². The zero-order valence-electron chi connectivity index (χ0n) is 27.5. The van der Waals surface area contributed by atoms with Gasteiger partial charge in [0.1, 0.15) is 0 Å². The van der Waals surface area contributed by atoms with Gasteiger partial charge in [0.2, 0.25) is 5.91 Å². The van der Waals surface area contributed by atoms with Crippen LogP contribution < -0.4 is 5.32 Å². The van der Waals surface area contributed by atoms with Crippen molar-refractivity contribution < 1.29 is 22.6 Å². The molecule has 0 saturated heterocycles. The Hall–Kier alpha value is -4.04. The number of amides is 1. The summed E-state index contributed by atoms with van der Waals surface area (Å²) in [5.74, 6) is -1.61. The number of rotatable bonds is 12. The number of Topliss-reactive ketones (excluding diaryl/α,β-unsaturated/α-hetero) is 1. The van der Waals surface area contributed by atoms with Crippen molar-refractivity contribution in [2.45, 2.75) is 59.3 Å². The van der Waals surface area contributed by atoms with E-state index in [1.54, 1.807) is 12.1 Å². The molecule has 47 heavy (non-hydrogen) atoms. The number of ketones is 1. The molecule has 246 valence electrons. The largest absolute Gasteiger partial charge is 0.326 e. The van der Waals surface area contributed by atoms with Crippen LogP contribution in [0.2, 0.25) is 5.02 Å². The first-order valence-corrected chi connectivity index (χ1v) is 17.6. The summed E-state index contributed by atoms with van der Waals surface area (Å²) in [6.45, 7) is 10.4. The molecular formula is C39H42ClNO5S. The van der Waals surface area contributed by atoms with Crippen LogP contribution in [-0.2, 0) is 14.9 Å². The second kappa shape index (κ2) is 15.2. The van der Waals surface area contributed by atoms with Gasteiger partial charge in [0.05, 0.1) is 11.7 Å². The third-order valence-electron chi connectivity index (χ3n) is 8.07. The Kier molecular flexibility index (Phi) is 11.6. The van der Waals surface area contributed by atoms with Crippen molar-refractivity contribution >= 4 is 45.2 Å². The molecule has 0 saturated carbocycles. The van der Waals surface area contributed by atoms with Gasteiger partial charge in [-0.3, -0.25) is 14.1 Å². The van der Waals surface area contributed by atoms with Crippen molar-refractivity contribution in [3.63, 3.8) is 0 Å². The lowest BCUT2D eigenvalue weighted by Crippen LogP contribution is -2.25. The summed E-state index contributed by atoms with van der Waals surface area (Å²) in [7, 11) is -4.12. The highest BCUT2D eigenvalue weighted by Crippen LogP contribution is 2.35. The minimum absolute atomic E-state index is 0.00606. The molecule has 0 bridgehead atoms. The number of halogens is 1. The van der Waals surface area contributed by atoms with Gasteiger partial charge in [0.15, 0.2) is 5.78 Å². The van der Waals surface area contributed by atoms with Gasteiger partial charge in [-0.15, -0.1) is 0 Å². The van der Waals surface area contributed by atoms with E-state index in [1.807, 2.05) is 92.7 Å². The smallest absolute Gasteiger partial charge is 0.264 e. The lowest BCUT2D eigenvalue weighted by molar-refractivity contribution is -0.118. The number of aryl methyl sites for hydroxylation is 1. The average molecular weight is 672 g/mol. The van der Waals surface area contributed by atoms with E-state index in [0.29, 0.717) is 16.3 Å². The summed E-state index contributed by atoms with van der Waals surface area (Å²) in [6.07, 6.45) is 4.28. The molecule has 0 heterocycles. The number of nitrogens with one attached hydrogen (secondary N) is 1. The molecule has 2 unspecified atom stereocenters. The molecule has 0 aliphatic rings. The fourth-order valence-corrected chi connectivity index (χ4v) is 6.19. The Morgan fingerprint density at radius 1 is 0.894 bits per heavy atom. The SMILES string of the molecule is Cc1cc(Cl)ccc1-c1ccc(NC(=O)C(c2ccc(/C=C/C(C)(C)C)cc2)C(C)c2ccc(C(=O)CCCS(=O)(=O)O)cc2)cc1. The predicted molar refractivity (Wildman–Crippen MR) is 193 cm³/mol. The summed E-state index contributed by atoms with van der Waals surface area (Å²) in [6, 6.07) is 28.6. The van der Waals surface area contributed by atoms with E-state index in [9.17, 15) is 18.0 Å². The number of carbonyl (C=O) groups is 2. The van der Waals surface area contributed by atoms with Gasteiger partial charge in [-0.05, 0) is 82.3 Å². The first kappa shape index (κ1) is 35.8. The van der Waals surface area contributed by atoms with Crippen molar-refractivity contribution in [3.8, 4) is 11.1 Å². The van der Waals surface area contributed by atoms with Gasteiger partial charge in [0, 0.05) is 22.7 Å². The molecule has 4 aromatic carbocycles. The highest BCUT2D eigenvalue weighted by atomic mass is 35.5. The van der Waals surface area contributed by atoms with E-state index in [0.717, 1.165) is 33.4 Å². The van der Waals surface area contributed by atoms with Gasteiger partial charge in [-0.1, -0.05) is 118 Å². The van der Waals surface area contributed by atoms with Crippen LogP contribution in [0.4, 0.5) is 5.69 Å². The lowest BCUT2D eigenvalue weighted by atomic mass is 9.81. The van der Waals surface area contributed by atoms with E-state index in [1.165, 1.54) is 0 Å². The first-order chi connectivity index (χ1) is 22.1. The van der Waals surface area contributed by atoms with Crippen LogP contribution in [0, 0.1) is 12.3 Å². The lowest BCUT2D eigenvalue weighted by Gasteiger charge is -2.25. The minimum atomic E-state index is -4.12. The monoisotopic (exact) mass is 671 g/mol. The van der Waals surface area contributed by atoms with Crippen LogP contribution in [0.3, 0.4) is 0 Å². The maximum Gasteiger partial charge on any atom is 0.264 e. The Balaban J connectivity index is 1.58. The Morgan fingerprint density at radius 3 is 2.09 bits per heavy atom. The summed E-state index contributed by atoms with van der Waals surface area (Å²) >= 11 is 6.14. The molecular weight excluding hydrogens is 630 g/mol. The second-order valence-corrected chi connectivity index (χ2v) is 15.1. The predicted octanol–water partition coefficient (Wildman–Crippen LogP) is 9.75. The molecule has 4 aromatic rings. The summed E-state index contributed by atoms with van der Waals surface area (Å²) < 4.78 is 31.0. The van der Waals surface area contributed by atoms with Crippen molar-refractivity contribution in [2.75, 3.05) is 11.1 Å². The third kappa shape index (κ3) is 10.5. The van der Waals surface area contributed by atoms with Crippen molar-refractivity contribution in [1.29, 1.82) is 0 Å². The summed E-state index contributed by atoms with van der Waals surface area (Å²) in [5, 5.41) is 3.81. The van der Waals surface area contributed by atoms with E-state index >= 15 is 0 Å². The molecule has 0 aromatic heterocycles.